The second-order valence-electron chi connectivity index (χ2n) is 10.3. The number of rotatable bonds is 5. The molecule has 0 spiro atoms. The smallest absolute Gasteiger partial charge is 0.335 e. The number of para-hydroxylation sites is 1. The molecule has 5 heteroatoms. The summed E-state index contributed by atoms with van der Waals surface area (Å²) in [7, 11) is 0. The Morgan fingerprint density at radius 3 is 2.47 bits per heavy atom. The molecular formula is C29H35N3O2. The maximum Gasteiger partial charge on any atom is 0.335 e. The molecule has 178 valence electrons. The fraction of sp³-hybridized carbons (Fsp3) is 0.483. The molecule has 2 aliphatic heterocycles. The quantitative estimate of drug-likeness (QED) is 0.513. The number of likely N-dealkylation sites (tertiary alicyclic amines) is 1. The zero-order valence-corrected chi connectivity index (χ0v) is 20.0. The second-order valence-corrected chi connectivity index (χ2v) is 10.3. The molecule has 3 heterocycles. The second kappa shape index (κ2) is 9.10. The van der Waals surface area contributed by atoms with Crippen LogP contribution < -0.4 is 4.90 Å². The number of aromatic nitrogens is 1. The summed E-state index contributed by atoms with van der Waals surface area (Å²) in [4.78, 5) is 17.0. The third-order valence-electron chi connectivity index (χ3n) is 8.34. The molecule has 0 atom stereocenters. The third-order valence-corrected chi connectivity index (χ3v) is 8.34. The van der Waals surface area contributed by atoms with Crippen LogP contribution in [0.4, 0.5) is 5.69 Å². The van der Waals surface area contributed by atoms with E-state index in [0.717, 1.165) is 31.7 Å². The zero-order chi connectivity index (χ0) is 23.1. The number of nitrogens with zero attached hydrogens (tertiary/aromatic N) is 3. The van der Waals surface area contributed by atoms with Gasteiger partial charge in [0.1, 0.15) is 0 Å². The fourth-order valence-corrected chi connectivity index (χ4v) is 6.63. The van der Waals surface area contributed by atoms with Crippen LogP contribution in [0.3, 0.4) is 0 Å². The molecule has 1 aromatic heterocycles. The van der Waals surface area contributed by atoms with Gasteiger partial charge in [-0.3, -0.25) is 0 Å². The summed E-state index contributed by atoms with van der Waals surface area (Å²) in [5, 5.41) is 11.0. The molecule has 1 saturated heterocycles. The van der Waals surface area contributed by atoms with Crippen molar-refractivity contribution < 1.29 is 9.90 Å². The minimum Gasteiger partial charge on any atom is -0.478 e. The van der Waals surface area contributed by atoms with E-state index in [1.165, 1.54) is 85.9 Å². The lowest BCUT2D eigenvalue weighted by molar-refractivity contribution is 0.0697. The number of anilines is 1. The molecule has 0 amide bonds. The Hall–Kier alpha value is -2.79. The highest BCUT2D eigenvalue weighted by Crippen LogP contribution is 2.47. The van der Waals surface area contributed by atoms with E-state index >= 15 is 0 Å². The summed E-state index contributed by atoms with van der Waals surface area (Å²) in [5.41, 5.74) is 6.91. The van der Waals surface area contributed by atoms with Crippen LogP contribution in [0.5, 0.6) is 0 Å². The van der Waals surface area contributed by atoms with Crippen molar-refractivity contribution in [2.24, 2.45) is 0 Å². The van der Waals surface area contributed by atoms with Crippen LogP contribution in [0.25, 0.3) is 22.2 Å². The van der Waals surface area contributed by atoms with Gasteiger partial charge in [0.25, 0.3) is 0 Å². The van der Waals surface area contributed by atoms with Crippen LogP contribution in [-0.4, -0.2) is 53.3 Å². The maximum atomic E-state index is 11.8. The largest absolute Gasteiger partial charge is 0.478 e. The van der Waals surface area contributed by atoms with Gasteiger partial charge in [-0.25, -0.2) is 4.79 Å². The van der Waals surface area contributed by atoms with Gasteiger partial charge in [0.15, 0.2) is 0 Å². The summed E-state index contributed by atoms with van der Waals surface area (Å²) >= 11 is 0. The highest BCUT2D eigenvalue weighted by atomic mass is 16.4. The van der Waals surface area contributed by atoms with Gasteiger partial charge in [0.05, 0.1) is 11.3 Å². The first-order valence-electron chi connectivity index (χ1n) is 13.2. The fourth-order valence-electron chi connectivity index (χ4n) is 6.63. The molecule has 34 heavy (non-hydrogen) atoms. The molecule has 2 aromatic carbocycles. The highest BCUT2D eigenvalue weighted by molar-refractivity contribution is 5.99. The average molecular weight is 458 g/mol. The minimum absolute atomic E-state index is 0.381. The Bertz CT molecular complexity index is 1200. The Kier molecular flexibility index (Phi) is 5.82. The molecule has 6 rings (SSSR count). The van der Waals surface area contributed by atoms with Crippen LogP contribution >= 0.6 is 0 Å². The molecule has 0 unspecified atom stereocenters. The van der Waals surface area contributed by atoms with Gasteiger partial charge in [-0.1, -0.05) is 43.5 Å². The van der Waals surface area contributed by atoms with Gasteiger partial charge in [0, 0.05) is 48.3 Å². The summed E-state index contributed by atoms with van der Waals surface area (Å²) in [6, 6.07) is 14.7. The first kappa shape index (κ1) is 21.7. The number of benzene rings is 2. The number of fused-ring (bicyclic) bond motifs is 5. The van der Waals surface area contributed by atoms with Crippen molar-refractivity contribution in [3.05, 3.63) is 53.6 Å². The Morgan fingerprint density at radius 2 is 1.68 bits per heavy atom. The van der Waals surface area contributed by atoms with Crippen LogP contribution in [0.15, 0.2) is 42.5 Å². The molecule has 2 fully saturated rings. The van der Waals surface area contributed by atoms with Crippen molar-refractivity contribution in [2.75, 3.05) is 37.6 Å². The molecule has 1 N–H and O–H groups in total. The molecule has 1 saturated carbocycles. The van der Waals surface area contributed by atoms with Gasteiger partial charge in [-0.15, -0.1) is 0 Å². The number of hydrogen-bond donors (Lipinski definition) is 1. The summed E-state index contributed by atoms with van der Waals surface area (Å²) in [6.07, 6.45) is 9.01. The maximum absolute atomic E-state index is 11.8. The molecule has 3 aromatic rings. The van der Waals surface area contributed by atoms with E-state index in [4.69, 9.17) is 0 Å². The van der Waals surface area contributed by atoms with E-state index in [1.807, 2.05) is 6.07 Å². The van der Waals surface area contributed by atoms with E-state index in [0.29, 0.717) is 11.5 Å². The van der Waals surface area contributed by atoms with Crippen molar-refractivity contribution in [1.29, 1.82) is 0 Å². The summed E-state index contributed by atoms with van der Waals surface area (Å²) in [5.74, 6) is -0.301. The van der Waals surface area contributed by atoms with E-state index in [-0.39, 0.29) is 0 Å². The lowest BCUT2D eigenvalue weighted by Gasteiger charge is -2.28. The number of aromatic carboxylic acids is 1. The molecule has 5 nitrogen and oxygen atoms in total. The Balaban J connectivity index is 1.49. The molecule has 0 bridgehead atoms. The molecule has 3 aliphatic rings. The number of carbonyl (C=O) groups is 1. The first-order chi connectivity index (χ1) is 16.7. The van der Waals surface area contributed by atoms with Gasteiger partial charge >= 0.3 is 5.97 Å². The third kappa shape index (κ3) is 3.80. The molecular weight excluding hydrogens is 422 g/mol. The van der Waals surface area contributed by atoms with Gasteiger partial charge < -0.3 is 19.5 Å². The lowest BCUT2D eigenvalue weighted by atomic mass is 9.81. The SMILES string of the molecule is O=C(O)c1ccc2c(C3CCCCC3)c3n(c2c1)CCN(CCN1CCCC1)c1ccccc1-3. The first-order valence-corrected chi connectivity index (χ1v) is 13.2. The van der Waals surface area contributed by atoms with E-state index < -0.39 is 5.97 Å². The summed E-state index contributed by atoms with van der Waals surface area (Å²) in [6.45, 7) is 6.44. The Labute approximate surface area is 202 Å². The topological polar surface area (TPSA) is 48.7 Å². The van der Waals surface area contributed by atoms with Crippen LogP contribution in [0.1, 0.15) is 66.8 Å². The normalized spacial score (nSPS) is 19.2. The predicted molar refractivity (Wildman–Crippen MR) is 138 cm³/mol. The monoisotopic (exact) mass is 457 g/mol. The zero-order valence-electron chi connectivity index (χ0n) is 20.0. The van der Waals surface area contributed by atoms with Crippen LogP contribution in [-0.2, 0) is 6.54 Å². The molecule has 1 aliphatic carbocycles. The van der Waals surface area contributed by atoms with Crippen LogP contribution in [0.2, 0.25) is 0 Å². The standard InChI is InChI=1S/C29H35N3O2/c33-29(34)22-12-13-23-26(20-22)32-19-18-31(17-16-30-14-6-7-15-30)25-11-5-4-10-24(25)28(32)27(23)21-8-2-1-3-9-21/h4-5,10-13,20-21H,1-3,6-9,14-19H2,(H,33,34). The molecule has 0 radical (unpaired) electrons. The van der Waals surface area contributed by atoms with Crippen molar-refractivity contribution >= 4 is 22.6 Å². The Morgan fingerprint density at radius 1 is 0.882 bits per heavy atom. The number of hydrogen-bond acceptors (Lipinski definition) is 3. The van der Waals surface area contributed by atoms with Crippen molar-refractivity contribution in [1.82, 2.24) is 9.47 Å². The van der Waals surface area contributed by atoms with Gasteiger partial charge in [0.2, 0.25) is 0 Å². The predicted octanol–water partition coefficient (Wildman–Crippen LogP) is 5.97. The highest BCUT2D eigenvalue weighted by Gasteiger charge is 2.30. The minimum atomic E-state index is -0.849. The van der Waals surface area contributed by atoms with Crippen molar-refractivity contribution in [3.63, 3.8) is 0 Å². The van der Waals surface area contributed by atoms with E-state index in [1.54, 1.807) is 6.07 Å². The lowest BCUT2D eigenvalue weighted by Crippen LogP contribution is -2.35. The van der Waals surface area contributed by atoms with E-state index in [9.17, 15) is 9.90 Å². The number of carboxylic acids is 1. The van der Waals surface area contributed by atoms with Crippen LogP contribution in [0, 0.1) is 0 Å². The van der Waals surface area contributed by atoms with E-state index in [2.05, 4.69) is 44.7 Å². The average Bonchev–Trinajstić information content (AvgIpc) is 3.47. The van der Waals surface area contributed by atoms with Gasteiger partial charge in [-0.2, -0.15) is 0 Å². The van der Waals surface area contributed by atoms with Crippen molar-refractivity contribution in [2.45, 2.75) is 57.4 Å². The summed E-state index contributed by atoms with van der Waals surface area (Å²) < 4.78 is 2.44. The number of carboxylic acid groups (broad SMARTS) is 1. The van der Waals surface area contributed by atoms with Gasteiger partial charge in [-0.05, 0) is 68.5 Å². The van der Waals surface area contributed by atoms with Crippen molar-refractivity contribution in [3.8, 4) is 11.3 Å².